The van der Waals surface area contributed by atoms with Gasteiger partial charge in [0, 0.05) is 5.69 Å². The summed E-state index contributed by atoms with van der Waals surface area (Å²) in [5.41, 5.74) is 9.79. The molecule has 2 aromatic carbocycles. The van der Waals surface area contributed by atoms with Crippen molar-refractivity contribution in [1.82, 2.24) is 0 Å². The molecule has 0 bridgehead atoms. The Morgan fingerprint density at radius 1 is 1.27 bits per heavy atom. The summed E-state index contributed by atoms with van der Waals surface area (Å²) in [6.45, 7) is 1.96. The van der Waals surface area contributed by atoms with Crippen LogP contribution in [0.2, 0.25) is 0 Å². The SMILES string of the molecule is C[C@@H](c1ccccc1)N1C(=O)[C@H](N)Cc2ccc(CO)cc21. The maximum Gasteiger partial charge on any atom is 0.244 e. The number of hydrogen-bond donors (Lipinski definition) is 2. The predicted octanol–water partition coefficient (Wildman–Crippen LogP) is 2.16. The van der Waals surface area contributed by atoms with Crippen LogP contribution in [-0.2, 0) is 17.8 Å². The van der Waals surface area contributed by atoms with Crippen molar-refractivity contribution in [1.29, 1.82) is 0 Å². The second-order valence-electron chi connectivity index (χ2n) is 5.73. The summed E-state index contributed by atoms with van der Waals surface area (Å²) in [6, 6.07) is 15.0. The third kappa shape index (κ3) is 2.51. The van der Waals surface area contributed by atoms with Crippen LogP contribution in [0.1, 0.15) is 29.7 Å². The standard InChI is InChI=1S/C18H20N2O2/c1-12(14-5-3-2-4-6-14)20-17-9-13(11-21)7-8-15(17)10-16(19)18(20)22/h2-9,12,16,21H,10-11,19H2,1H3/t12-,16+/m0/s1. The van der Waals surface area contributed by atoms with Gasteiger partial charge < -0.3 is 15.7 Å². The summed E-state index contributed by atoms with van der Waals surface area (Å²) in [4.78, 5) is 14.4. The largest absolute Gasteiger partial charge is 0.392 e. The first-order chi connectivity index (χ1) is 10.6. The molecule has 0 aliphatic carbocycles. The zero-order valence-corrected chi connectivity index (χ0v) is 12.6. The minimum Gasteiger partial charge on any atom is -0.392 e. The second-order valence-corrected chi connectivity index (χ2v) is 5.73. The number of benzene rings is 2. The Morgan fingerprint density at radius 2 is 2.00 bits per heavy atom. The maximum absolute atomic E-state index is 12.6. The van der Waals surface area contributed by atoms with Crippen molar-refractivity contribution >= 4 is 11.6 Å². The van der Waals surface area contributed by atoms with Gasteiger partial charge in [0.2, 0.25) is 5.91 Å². The highest BCUT2D eigenvalue weighted by Crippen LogP contribution is 2.35. The molecular weight excluding hydrogens is 276 g/mol. The monoisotopic (exact) mass is 296 g/mol. The lowest BCUT2D eigenvalue weighted by Gasteiger charge is -2.37. The van der Waals surface area contributed by atoms with Crippen LogP contribution in [0, 0.1) is 0 Å². The van der Waals surface area contributed by atoms with Gasteiger partial charge in [-0.3, -0.25) is 4.79 Å². The maximum atomic E-state index is 12.6. The Labute approximate surface area is 130 Å². The van der Waals surface area contributed by atoms with Crippen molar-refractivity contribution in [3.63, 3.8) is 0 Å². The second kappa shape index (κ2) is 5.91. The number of nitrogens with two attached hydrogens (primary N) is 1. The number of aliphatic hydroxyl groups excluding tert-OH is 1. The lowest BCUT2D eigenvalue weighted by molar-refractivity contribution is -0.120. The number of amides is 1. The number of rotatable bonds is 3. The minimum atomic E-state index is -0.515. The van der Waals surface area contributed by atoms with Crippen molar-refractivity contribution in [3.8, 4) is 0 Å². The van der Waals surface area contributed by atoms with E-state index in [9.17, 15) is 9.90 Å². The van der Waals surface area contributed by atoms with Crippen LogP contribution in [0.5, 0.6) is 0 Å². The van der Waals surface area contributed by atoms with Gasteiger partial charge in [0.15, 0.2) is 0 Å². The fourth-order valence-corrected chi connectivity index (χ4v) is 3.01. The third-order valence-corrected chi connectivity index (χ3v) is 4.26. The van der Waals surface area contributed by atoms with E-state index >= 15 is 0 Å². The van der Waals surface area contributed by atoms with Gasteiger partial charge >= 0.3 is 0 Å². The first-order valence-corrected chi connectivity index (χ1v) is 7.48. The first kappa shape index (κ1) is 14.8. The average Bonchev–Trinajstić information content (AvgIpc) is 2.56. The van der Waals surface area contributed by atoms with Crippen LogP contribution in [0.15, 0.2) is 48.5 Å². The zero-order chi connectivity index (χ0) is 15.7. The molecule has 0 saturated heterocycles. The number of nitrogens with zero attached hydrogens (tertiary/aromatic N) is 1. The molecule has 0 radical (unpaired) electrons. The summed E-state index contributed by atoms with van der Waals surface area (Å²) in [7, 11) is 0. The Hall–Kier alpha value is -2.17. The van der Waals surface area contributed by atoms with E-state index in [2.05, 4.69) is 0 Å². The summed E-state index contributed by atoms with van der Waals surface area (Å²) >= 11 is 0. The smallest absolute Gasteiger partial charge is 0.244 e. The van der Waals surface area contributed by atoms with Crippen LogP contribution in [0.25, 0.3) is 0 Å². The van der Waals surface area contributed by atoms with E-state index in [4.69, 9.17) is 5.73 Å². The molecule has 2 atom stereocenters. The molecule has 1 aliphatic rings. The van der Waals surface area contributed by atoms with Crippen LogP contribution >= 0.6 is 0 Å². The van der Waals surface area contributed by atoms with Crippen molar-refractivity contribution in [3.05, 3.63) is 65.2 Å². The van der Waals surface area contributed by atoms with Gasteiger partial charge in [0.05, 0.1) is 18.7 Å². The molecule has 1 heterocycles. The fourth-order valence-electron chi connectivity index (χ4n) is 3.01. The van der Waals surface area contributed by atoms with E-state index in [0.717, 1.165) is 22.4 Å². The molecule has 0 fully saturated rings. The van der Waals surface area contributed by atoms with Gasteiger partial charge in [-0.2, -0.15) is 0 Å². The Balaban J connectivity index is 2.08. The highest BCUT2D eigenvalue weighted by atomic mass is 16.3. The van der Waals surface area contributed by atoms with Gasteiger partial charge in [0.1, 0.15) is 0 Å². The fraction of sp³-hybridized carbons (Fsp3) is 0.278. The van der Waals surface area contributed by atoms with E-state index < -0.39 is 6.04 Å². The zero-order valence-electron chi connectivity index (χ0n) is 12.6. The molecule has 2 aromatic rings. The number of carbonyl (C=O) groups is 1. The predicted molar refractivity (Wildman–Crippen MR) is 86.4 cm³/mol. The van der Waals surface area contributed by atoms with Gasteiger partial charge in [-0.1, -0.05) is 42.5 Å². The molecule has 22 heavy (non-hydrogen) atoms. The van der Waals surface area contributed by atoms with Crippen LogP contribution < -0.4 is 10.6 Å². The molecule has 0 spiro atoms. The van der Waals surface area contributed by atoms with Crippen molar-refractivity contribution in [2.24, 2.45) is 5.73 Å². The minimum absolute atomic E-state index is 0.0406. The van der Waals surface area contributed by atoms with Gasteiger partial charge in [-0.15, -0.1) is 0 Å². The molecule has 1 amide bonds. The molecule has 0 saturated carbocycles. The molecular formula is C18H20N2O2. The summed E-state index contributed by atoms with van der Waals surface area (Å²) in [5, 5.41) is 9.37. The number of anilines is 1. The topological polar surface area (TPSA) is 66.6 Å². The van der Waals surface area contributed by atoms with E-state index in [-0.39, 0.29) is 18.6 Å². The Bertz CT molecular complexity index is 685. The van der Waals surface area contributed by atoms with E-state index in [1.54, 1.807) is 4.90 Å². The molecule has 0 aromatic heterocycles. The lowest BCUT2D eigenvalue weighted by atomic mass is 9.93. The number of hydrogen-bond acceptors (Lipinski definition) is 3. The third-order valence-electron chi connectivity index (χ3n) is 4.26. The summed E-state index contributed by atoms with van der Waals surface area (Å²) < 4.78 is 0. The molecule has 0 unspecified atom stereocenters. The average molecular weight is 296 g/mol. The highest BCUT2D eigenvalue weighted by Gasteiger charge is 2.34. The number of fused-ring (bicyclic) bond motifs is 1. The molecule has 3 rings (SSSR count). The summed E-state index contributed by atoms with van der Waals surface area (Å²) in [6.07, 6.45) is 0.540. The van der Waals surface area contributed by atoms with Gasteiger partial charge in [-0.05, 0) is 36.1 Å². The first-order valence-electron chi connectivity index (χ1n) is 7.48. The highest BCUT2D eigenvalue weighted by molar-refractivity contribution is 6.00. The van der Waals surface area contributed by atoms with E-state index in [1.807, 2.05) is 55.5 Å². The van der Waals surface area contributed by atoms with Crippen molar-refractivity contribution in [2.75, 3.05) is 4.90 Å². The van der Waals surface area contributed by atoms with Gasteiger partial charge in [0.25, 0.3) is 0 Å². The van der Waals surface area contributed by atoms with E-state index in [0.29, 0.717) is 6.42 Å². The molecule has 114 valence electrons. The van der Waals surface area contributed by atoms with Crippen LogP contribution in [0.4, 0.5) is 5.69 Å². The molecule has 3 N–H and O–H groups in total. The molecule has 4 heteroatoms. The normalized spacial score (nSPS) is 19.0. The summed E-state index contributed by atoms with van der Waals surface area (Å²) in [5.74, 6) is -0.0704. The molecule has 4 nitrogen and oxygen atoms in total. The van der Waals surface area contributed by atoms with Crippen molar-refractivity contribution in [2.45, 2.75) is 32.0 Å². The van der Waals surface area contributed by atoms with Crippen LogP contribution in [0.3, 0.4) is 0 Å². The number of aliphatic hydroxyl groups is 1. The van der Waals surface area contributed by atoms with Crippen molar-refractivity contribution < 1.29 is 9.90 Å². The Morgan fingerprint density at radius 3 is 2.68 bits per heavy atom. The van der Waals surface area contributed by atoms with E-state index in [1.165, 1.54) is 0 Å². The number of carbonyl (C=O) groups excluding carboxylic acids is 1. The van der Waals surface area contributed by atoms with Gasteiger partial charge in [-0.25, -0.2) is 0 Å². The van der Waals surface area contributed by atoms with Crippen LogP contribution in [-0.4, -0.2) is 17.1 Å². The molecule has 1 aliphatic heterocycles. The Kier molecular flexibility index (Phi) is 3.96. The lowest BCUT2D eigenvalue weighted by Crippen LogP contribution is -2.49. The quantitative estimate of drug-likeness (QED) is 0.912.